The fourth-order valence-corrected chi connectivity index (χ4v) is 2.50. The van der Waals surface area contributed by atoms with Gasteiger partial charge in [-0.1, -0.05) is 13.8 Å². The highest BCUT2D eigenvalue weighted by atomic mass is 16.5. The standard InChI is InChI=1S/C15H32N4O/c1-12(2)9-18-15(16-5)17-7-6-8-19-10-13(3)20-14(4)11-19/h12-14H,6-11H2,1-5H3,(H2,16,17,18). The zero-order valence-corrected chi connectivity index (χ0v) is 13.8. The first kappa shape index (κ1) is 17.2. The smallest absolute Gasteiger partial charge is 0.190 e. The van der Waals surface area contributed by atoms with E-state index in [-0.39, 0.29) is 0 Å². The number of aliphatic imine (C=N–C) groups is 1. The topological polar surface area (TPSA) is 48.9 Å². The van der Waals surface area contributed by atoms with Gasteiger partial charge in [-0.15, -0.1) is 0 Å². The largest absolute Gasteiger partial charge is 0.373 e. The summed E-state index contributed by atoms with van der Waals surface area (Å²) in [6.45, 7) is 13.8. The van der Waals surface area contributed by atoms with Gasteiger partial charge in [0, 0.05) is 39.8 Å². The fraction of sp³-hybridized carbons (Fsp3) is 0.933. The average Bonchev–Trinajstić information content (AvgIpc) is 2.36. The maximum Gasteiger partial charge on any atom is 0.190 e. The number of guanidine groups is 1. The van der Waals surface area contributed by atoms with E-state index < -0.39 is 0 Å². The van der Waals surface area contributed by atoms with E-state index in [0.717, 1.165) is 45.1 Å². The molecule has 0 radical (unpaired) electrons. The molecule has 1 heterocycles. The molecule has 0 aliphatic carbocycles. The second-order valence-electron chi connectivity index (χ2n) is 6.14. The lowest BCUT2D eigenvalue weighted by Gasteiger charge is -2.35. The van der Waals surface area contributed by atoms with Crippen molar-refractivity contribution in [2.24, 2.45) is 10.9 Å². The van der Waals surface area contributed by atoms with Gasteiger partial charge in [0.1, 0.15) is 0 Å². The van der Waals surface area contributed by atoms with Crippen LogP contribution in [0.25, 0.3) is 0 Å². The minimum Gasteiger partial charge on any atom is -0.373 e. The predicted molar refractivity (Wildman–Crippen MR) is 85.3 cm³/mol. The van der Waals surface area contributed by atoms with Gasteiger partial charge < -0.3 is 15.4 Å². The summed E-state index contributed by atoms with van der Waals surface area (Å²) >= 11 is 0. The molecule has 0 aromatic carbocycles. The normalized spacial score (nSPS) is 25.0. The maximum absolute atomic E-state index is 5.75. The Morgan fingerprint density at radius 2 is 1.90 bits per heavy atom. The van der Waals surface area contributed by atoms with Crippen LogP contribution in [0.5, 0.6) is 0 Å². The maximum atomic E-state index is 5.75. The number of rotatable bonds is 6. The van der Waals surface area contributed by atoms with E-state index in [1.165, 1.54) is 0 Å². The molecule has 1 aliphatic heterocycles. The molecule has 2 atom stereocenters. The highest BCUT2D eigenvalue weighted by molar-refractivity contribution is 5.79. The molecule has 0 aromatic heterocycles. The van der Waals surface area contributed by atoms with Gasteiger partial charge >= 0.3 is 0 Å². The molecule has 0 bridgehead atoms. The average molecular weight is 284 g/mol. The summed E-state index contributed by atoms with van der Waals surface area (Å²) in [7, 11) is 1.82. The summed E-state index contributed by atoms with van der Waals surface area (Å²) < 4.78 is 5.75. The van der Waals surface area contributed by atoms with Gasteiger partial charge in [0.05, 0.1) is 12.2 Å². The monoisotopic (exact) mass is 284 g/mol. The summed E-state index contributed by atoms with van der Waals surface area (Å²) in [5, 5.41) is 6.69. The number of hydrogen-bond donors (Lipinski definition) is 2. The molecule has 2 unspecified atom stereocenters. The molecule has 1 fully saturated rings. The van der Waals surface area contributed by atoms with Gasteiger partial charge in [0.15, 0.2) is 5.96 Å². The molecule has 20 heavy (non-hydrogen) atoms. The quantitative estimate of drug-likeness (QED) is 0.439. The minimum absolute atomic E-state index is 0.354. The van der Waals surface area contributed by atoms with Gasteiger partial charge in [-0.2, -0.15) is 0 Å². The van der Waals surface area contributed by atoms with Crippen LogP contribution in [0.2, 0.25) is 0 Å². The molecule has 0 amide bonds. The van der Waals surface area contributed by atoms with Gasteiger partial charge in [0.25, 0.3) is 0 Å². The highest BCUT2D eigenvalue weighted by Gasteiger charge is 2.21. The first-order valence-electron chi connectivity index (χ1n) is 7.83. The van der Waals surface area contributed by atoms with Crippen molar-refractivity contribution in [3.05, 3.63) is 0 Å². The lowest BCUT2D eigenvalue weighted by atomic mass is 10.2. The molecular formula is C15H32N4O. The van der Waals surface area contributed by atoms with Crippen molar-refractivity contribution in [3.8, 4) is 0 Å². The zero-order chi connectivity index (χ0) is 15.0. The second-order valence-corrected chi connectivity index (χ2v) is 6.14. The first-order chi connectivity index (χ1) is 9.51. The second kappa shape index (κ2) is 9.19. The highest BCUT2D eigenvalue weighted by Crippen LogP contribution is 2.10. The molecule has 1 aliphatic rings. The number of nitrogens with one attached hydrogen (secondary N) is 2. The first-order valence-corrected chi connectivity index (χ1v) is 7.83. The van der Waals surface area contributed by atoms with Crippen molar-refractivity contribution in [2.45, 2.75) is 46.3 Å². The SMILES string of the molecule is CN=C(NCCCN1CC(C)OC(C)C1)NCC(C)C. The van der Waals surface area contributed by atoms with E-state index in [0.29, 0.717) is 18.1 Å². The van der Waals surface area contributed by atoms with Crippen LogP contribution in [0, 0.1) is 5.92 Å². The third-order valence-electron chi connectivity index (χ3n) is 3.34. The van der Waals surface area contributed by atoms with Crippen LogP contribution >= 0.6 is 0 Å². The van der Waals surface area contributed by atoms with E-state index in [1.54, 1.807) is 0 Å². The Kier molecular flexibility index (Phi) is 7.92. The molecule has 0 saturated carbocycles. The van der Waals surface area contributed by atoms with E-state index >= 15 is 0 Å². The summed E-state index contributed by atoms with van der Waals surface area (Å²) in [6, 6.07) is 0. The molecule has 5 nitrogen and oxygen atoms in total. The Labute approximate surface area is 124 Å². The van der Waals surface area contributed by atoms with Crippen molar-refractivity contribution >= 4 is 5.96 Å². The van der Waals surface area contributed by atoms with Crippen LogP contribution in [-0.4, -0.2) is 62.8 Å². The van der Waals surface area contributed by atoms with Crippen LogP contribution < -0.4 is 10.6 Å². The molecule has 118 valence electrons. The molecule has 5 heteroatoms. The number of morpholine rings is 1. The number of nitrogens with zero attached hydrogens (tertiary/aromatic N) is 2. The number of hydrogen-bond acceptors (Lipinski definition) is 3. The van der Waals surface area contributed by atoms with Crippen LogP contribution in [0.1, 0.15) is 34.1 Å². The van der Waals surface area contributed by atoms with Crippen LogP contribution in [-0.2, 0) is 4.74 Å². The van der Waals surface area contributed by atoms with Crippen LogP contribution in [0.3, 0.4) is 0 Å². The van der Waals surface area contributed by atoms with Gasteiger partial charge in [-0.3, -0.25) is 9.89 Å². The summed E-state index contributed by atoms with van der Waals surface area (Å²) in [5.41, 5.74) is 0. The summed E-state index contributed by atoms with van der Waals surface area (Å²) in [5.74, 6) is 1.53. The lowest BCUT2D eigenvalue weighted by molar-refractivity contribution is -0.0679. The zero-order valence-electron chi connectivity index (χ0n) is 13.8. The van der Waals surface area contributed by atoms with Gasteiger partial charge in [-0.05, 0) is 26.2 Å². The van der Waals surface area contributed by atoms with Gasteiger partial charge in [0.2, 0.25) is 0 Å². The summed E-state index contributed by atoms with van der Waals surface area (Å²) in [6.07, 6.45) is 1.83. The number of ether oxygens (including phenoxy) is 1. The minimum atomic E-state index is 0.354. The van der Waals surface area contributed by atoms with Crippen LogP contribution in [0.15, 0.2) is 4.99 Å². The fourth-order valence-electron chi connectivity index (χ4n) is 2.50. The van der Waals surface area contributed by atoms with E-state index in [1.807, 2.05) is 7.05 Å². The predicted octanol–water partition coefficient (Wildman–Crippen LogP) is 1.31. The Bertz CT molecular complexity index is 284. The molecule has 1 rings (SSSR count). The van der Waals surface area contributed by atoms with E-state index in [2.05, 4.69) is 48.2 Å². The lowest BCUT2D eigenvalue weighted by Crippen LogP contribution is -2.46. The van der Waals surface area contributed by atoms with Crippen molar-refractivity contribution in [2.75, 3.05) is 39.8 Å². The van der Waals surface area contributed by atoms with Crippen LogP contribution in [0.4, 0.5) is 0 Å². The van der Waals surface area contributed by atoms with Crippen molar-refractivity contribution in [1.82, 2.24) is 15.5 Å². The van der Waals surface area contributed by atoms with Crippen molar-refractivity contribution in [1.29, 1.82) is 0 Å². The van der Waals surface area contributed by atoms with Crippen molar-refractivity contribution < 1.29 is 4.74 Å². The van der Waals surface area contributed by atoms with Gasteiger partial charge in [-0.25, -0.2) is 0 Å². The van der Waals surface area contributed by atoms with Crippen molar-refractivity contribution in [3.63, 3.8) is 0 Å². The summed E-state index contributed by atoms with van der Waals surface area (Å²) in [4.78, 5) is 6.72. The van der Waals surface area contributed by atoms with E-state index in [9.17, 15) is 0 Å². The third-order valence-corrected chi connectivity index (χ3v) is 3.34. The Morgan fingerprint density at radius 3 is 2.45 bits per heavy atom. The molecule has 1 saturated heterocycles. The van der Waals surface area contributed by atoms with E-state index in [4.69, 9.17) is 4.74 Å². The molecule has 0 aromatic rings. The third kappa shape index (κ3) is 7.10. The Morgan fingerprint density at radius 1 is 1.25 bits per heavy atom. The molecule has 0 spiro atoms. The Hall–Kier alpha value is -0.810. The molecule has 2 N–H and O–H groups in total. The Balaban J connectivity index is 2.14. The molecular weight excluding hydrogens is 252 g/mol.